The molecule has 0 aliphatic rings. The van der Waals surface area contributed by atoms with Gasteiger partial charge in [0.25, 0.3) is 0 Å². The van der Waals surface area contributed by atoms with Crippen LogP contribution in [0.25, 0.3) is 0 Å². The first-order chi connectivity index (χ1) is 10.0. The fourth-order valence-corrected chi connectivity index (χ4v) is 1.79. The lowest BCUT2D eigenvalue weighted by Crippen LogP contribution is -2.09. The second kappa shape index (κ2) is 6.93. The van der Waals surface area contributed by atoms with Crippen LogP contribution in [0.5, 0.6) is 11.5 Å². The third-order valence-electron chi connectivity index (χ3n) is 2.87. The quantitative estimate of drug-likeness (QED) is 0.608. The minimum Gasteiger partial charge on any atom is -0.493 e. The van der Waals surface area contributed by atoms with Crippen LogP contribution in [0.2, 0.25) is 0 Å². The Kier molecular flexibility index (Phi) is 4.99. The zero-order valence-electron chi connectivity index (χ0n) is 12.6. The Bertz CT molecular complexity index is 600. The number of rotatable bonds is 5. The number of esters is 1. The molecule has 3 nitrogen and oxygen atoms in total. The zero-order valence-corrected chi connectivity index (χ0v) is 12.6. The Balaban J connectivity index is 1.99. The van der Waals surface area contributed by atoms with Gasteiger partial charge in [-0.25, -0.2) is 4.79 Å². The van der Waals surface area contributed by atoms with Gasteiger partial charge in [-0.05, 0) is 54.8 Å². The summed E-state index contributed by atoms with van der Waals surface area (Å²) in [6, 6.07) is 14.4. The summed E-state index contributed by atoms with van der Waals surface area (Å²) in [6.45, 7) is 6.80. The highest BCUT2D eigenvalue weighted by Crippen LogP contribution is 2.17. The SMILES string of the molecule is Cc1cccc(OC(=O)c2ccc(OCC(C)C)cc2)c1. The van der Waals surface area contributed by atoms with Crippen LogP contribution in [0, 0.1) is 12.8 Å². The van der Waals surface area contributed by atoms with Crippen molar-refractivity contribution in [3.8, 4) is 11.5 Å². The number of carbonyl (C=O) groups excluding carboxylic acids is 1. The van der Waals surface area contributed by atoms with Gasteiger partial charge in [-0.2, -0.15) is 0 Å². The highest BCUT2D eigenvalue weighted by Gasteiger charge is 2.09. The van der Waals surface area contributed by atoms with Crippen molar-refractivity contribution in [3.63, 3.8) is 0 Å². The number of carbonyl (C=O) groups is 1. The molecule has 0 aliphatic carbocycles. The van der Waals surface area contributed by atoms with Gasteiger partial charge in [0.05, 0.1) is 12.2 Å². The zero-order chi connectivity index (χ0) is 15.2. The first-order valence-corrected chi connectivity index (χ1v) is 7.06. The molecule has 110 valence electrons. The summed E-state index contributed by atoms with van der Waals surface area (Å²) in [5, 5.41) is 0. The molecule has 0 bridgehead atoms. The molecular weight excluding hydrogens is 264 g/mol. The van der Waals surface area contributed by atoms with E-state index < -0.39 is 0 Å². The normalized spacial score (nSPS) is 10.5. The monoisotopic (exact) mass is 284 g/mol. The Morgan fingerprint density at radius 2 is 1.76 bits per heavy atom. The maximum Gasteiger partial charge on any atom is 0.343 e. The van der Waals surface area contributed by atoms with Crippen LogP contribution in [0.3, 0.4) is 0 Å². The van der Waals surface area contributed by atoms with Crippen molar-refractivity contribution in [2.75, 3.05) is 6.61 Å². The van der Waals surface area contributed by atoms with E-state index in [1.165, 1.54) is 0 Å². The van der Waals surface area contributed by atoms with Gasteiger partial charge < -0.3 is 9.47 Å². The van der Waals surface area contributed by atoms with E-state index in [2.05, 4.69) is 13.8 Å². The van der Waals surface area contributed by atoms with Crippen molar-refractivity contribution < 1.29 is 14.3 Å². The number of aryl methyl sites for hydroxylation is 1. The van der Waals surface area contributed by atoms with Crippen molar-refractivity contribution in [2.45, 2.75) is 20.8 Å². The van der Waals surface area contributed by atoms with Gasteiger partial charge in [0.2, 0.25) is 0 Å². The minimum atomic E-state index is -0.365. The van der Waals surface area contributed by atoms with Crippen LogP contribution in [0.15, 0.2) is 48.5 Å². The molecule has 0 heterocycles. The lowest BCUT2D eigenvalue weighted by Gasteiger charge is -2.09. The van der Waals surface area contributed by atoms with E-state index in [-0.39, 0.29) is 5.97 Å². The summed E-state index contributed by atoms with van der Waals surface area (Å²) in [5.41, 5.74) is 1.56. The van der Waals surface area contributed by atoms with E-state index in [0.717, 1.165) is 11.3 Å². The molecule has 0 spiro atoms. The smallest absolute Gasteiger partial charge is 0.343 e. The standard InChI is InChI=1S/C18H20O3/c1-13(2)12-20-16-9-7-15(8-10-16)18(19)21-17-6-4-5-14(3)11-17/h4-11,13H,12H2,1-3H3. The van der Waals surface area contributed by atoms with Crippen LogP contribution < -0.4 is 9.47 Å². The molecule has 0 N–H and O–H groups in total. The van der Waals surface area contributed by atoms with Crippen LogP contribution in [0.4, 0.5) is 0 Å². The summed E-state index contributed by atoms with van der Waals surface area (Å²) in [6.07, 6.45) is 0. The highest BCUT2D eigenvalue weighted by atomic mass is 16.5. The van der Waals surface area contributed by atoms with E-state index in [1.54, 1.807) is 30.3 Å². The van der Waals surface area contributed by atoms with Crippen molar-refractivity contribution in [3.05, 3.63) is 59.7 Å². The molecule has 2 aromatic rings. The number of benzene rings is 2. The lowest BCUT2D eigenvalue weighted by molar-refractivity contribution is 0.0734. The Morgan fingerprint density at radius 3 is 2.38 bits per heavy atom. The molecule has 2 rings (SSSR count). The fraction of sp³-hybridized carbons (Fsp3) is 0.278. The third-order valence-corrected chi connectivity index (χ3v) is 2.87. The lowest BCUT2D eigenvalue weighted by atomic mass is 10.2. The molecule has 0 unspecified atom stereocenters. The summed E-state index contributed by atoms with van der Waals surface area (Å²) in [7, 11) is 0. The van der Waals surface area contributed by atoms with Crippen LogP contribution >= 0.6 is 0 Å². The van der Waals surface area contributed by atoms with E-state index in [4.69, 9.17) is 9.47 Å². The Labute approximate surface area is 125 Å². The van der Waals surface area contributed by atoms with E-state index in [1.807, 2.05) is 25.1 Å². The average molecular weight is 284 g/mol. The fourth-order valence-electron chi connectivity index (χ4n) is 1.79. The number of ether oxygens (including phenoxy) is 2. The molecule has 0 saturated carbocycles. The molecule has 3 heteroatoms. The molecule has 0 saturated heterocycles. The molecule has 0 atom stereocenters. The topological polar surface area (TPSA) is 35.5 Å². The highest BCUT2D eigenvalue weighted by molar-refractivity contribution is 5.91. The molecule has 0 aromatic heterocycles. The van der Waals surface area contributed by atoms with Gasteiger partial charge in [-0.3, -0.25) is 0 Å². The van der Waals surface area contributed by atoms with E-state index in [9.17, 15) is 4.79 Å². The second-order valence-electron chi connectivity index (χ2n) is 5.44. The maximum absolute atomic E-state index is 12.0. The predicted molar refractivity (Wildman–Crippen MR) is 82.9 cm³/mol. The molecule has 0 amide bonds. The van der Waals surface area contributed by atoms with Crippen LogP contribution in [-0.2, 0) is 0 Å². The summed E-state index contributed by atoms with van der Waals surface area (Å²) in [4.78, 5) is 12.0. The van der Waals surface area contributed by atoms with Crippen molar-refractivity contribution >= 4 is 5.97 Å². The minimum absolute atomic E-state index is 0.365. The van der Waals surface area contributed by atoms with Crippen LogP contribution in [0.1, 0.15) is 29.8 Å². The molecular formula is C18H20O3. The van der Waals surface area contributed by atoms with Gasteiger partial charge in [0, 0.05) is 0 Å². The average Bonchev–Trinajstić information content (AvgIpc) is 2.45. The second-order valence-corrected chi connectivity index (χ2v) is 5.44. The van der Waals surface area contributed by atoms with Crippen LogP contribution in [-0.4, -0.2) is 12.6 Å². The predicted octanol–water partition coefficient (Wildman–Crippen LogP) is 4.25. The third kappa shape index (κ3) is 4.63. The molecule has 2 aromatic carbocycles. The Morgan fingerprint density at radius 1 is 1.05 bits per heavy atom. The van der Waals surface area contributed by atoms with Gasteiger partial charge in [0.15, 0.2) is 0 Å². The van der Waals surface area contributed by atoms with Gasteiger partial charge >= 0.3 is 5.97 Å². The molecule has 0 radical (unpaired) electrons. The van der Waals surface area contributed by atoms with E-state index >= 15 is 0 Å². The van der Waals surface area contributed by atoms with E-state index in [0.29, 0.717) is 23.8 Å². The Hall–Kier alpha value is -2.29. The van der Waals surface area contributed by atoms with Gasteiger partial charge in [0.1, 0.15) is 11.5 Å². The largest absolute Gasteiger partial charge is 0.493 e. The molecule has 21 heavy (non-hydrogen) atoms. The van der Waals surface area contributed by atoms with Crippen molar-refractivity contribution in [1.29, 1.82) is 0 Å². The van der Waals surface area contributed by atoms with Gasteiger partial charge in [-0.15, -0.1) is 0 Å². The molecule has 0 aliphatic heterocycles. The summed E-state index contributed by atoms with van der Waals surface area (Å²) < 4.78 is 10.9. The maximum atomic E-state index is 12.0. The van der Waals surface area contributed by atoms with Gasteiger partial charge in [-0.1, -0.05) is 26.0 Å². The van der Waals surface area contributed by atoms with Crippen molar-refractivity contribution in [2.24, 2.45) is 5.92 Å². The first-order valence-electron chi connectivity index (χ1n) is 7.06. The summed E-state index contributed by atoms with van der Waals surface area (Å²) >= 11 is 0. The number of hydrogen-bond donors (Lipinski definition) is 0. The summed E-state index contributed by atoms with van der Waals surface area (Å²) in [5.74, 6) is 1.42. The first kappa shape index (κ1) is 15.1. The number of hydrogen-bond acceptors (Lipinski definition) is 3. The molecule has 0 fully saturated rings. The van der Waals surface area contributed by atoms with Crippen molar-refractivity contribution in [1.82, 2.24) is 0 Å².